The van der Waals surface area contributed by atoms with Gasteiger partial charge in [-0.2, -0.15) is 4.72 Å². The molecule has 0 fully saturated rings. The molecule has 0 aromatic heterocycles. The van der Waals surface area contributed by atoms with Gasteiger partial charge < -0.3 is 4.74 Å². The lowest BCUT2D eigenvalue weighted by Crippen LogP contribution is -2.30. The molecule has 0 aliphatic heterocycles. The van der Waals surface area contributed by atoms with Crippen molar-refractivity contribution in [3.8, 4) is 5.75 Å². The van der Waals surface area contributed by atoms with E-state index in [1.165, 1.54) is 12.7 Å². The third kappa shape index (κ3) is 4.21. The van der Waals surface area contributed by atoms with Crippen LogP contribution in [0, 0.1) is 0 Å². The van der Waals surface area contributed by atoms with Gasteiger partial charge in [0, 0.05) is 0 Å². The molecule has 0 amide bonds. The number of nitrogens with one attached hydrogen (secondary N) is 1. The van der Waals surface area contributed by atoms with E-state index in [1.54, 1.807) is 6.07 Å². The van der Waals surface area contributed by atoms with Gasteiger partial charge in [0.2, 0.25) is 10.0 Å². The van der Waals surface area contributed by atoms with Gasteiger partial charge in [-0.25, -0.2) is 8.42 Å². The first-order chi connectivity index (χ1) is 14.1. The number of hydrogen-bond acceptors (Lipinski definition) is 3. The van der Waals surface area contributed by atoms with Crippen LogP contribution in [0.1, 0.15) is 41.1 Å². The van der Waals surface area contributed by atoms with Gasteiger partial charge in [-0.1, -0.05) is 60.7 Å². The summed E-state index contributed by atoms with van der Waals surface area (Å²) in [6.07, 6.45) is 4.09. The summed E-state index contributed by atoms with van der Waals surface area (Å²) in [6.45, 7) is 0. The molecule has 1 aliphatic carbocycles. The monoisotopic (exact) mass is 407 g/mol. The molecule has 5 heteroatoms. The summed E-state index contributed by atoms with van der Waals surface area (Å²) in [7, 11) is -2.28. The van der Waals surface area contributed by atoms with E-state index in [2.05, 4.69) is 4.72 Å². The van der Waals surface area contributed by atoms with E-state index in [0.717, 1.165) is 42.4 Å². The Labute approximate surface area is 172 Å². The van der Waals surface area contributed by atoms with E-state index in [1.807, 2.05) is 66.7 Å². The summed E-state index contributed by atoms with van der Waals surface area (Å²) in [5.41, 5.74) is 4.07. The zero-order valence-corrected chi connectivity index (χ0v) is 17.3. The lowest BCUT2D eigenvalue weighted by atomic mass is 9.92. The molecule has 0 heterocycles. The van der Waals surface area contributed by atoms with E-state index in [0.29, 0.717) is 5.75 Å². The molecule has 0 bridgehead atoms. The second kappa shape index (κ2) is 8.39. The predicted octanol–water partition coefficient (Wildman–Crippen LogP) is 4.64. The Kier molecular flexibility index (Phi) is 5.69. The molecule has 0 saturated heterocycles. The second-order valence-corrected chi connectivity index (χ2v) is 9.04. The van der Waals surface area contributed by atoms with Crippen LogP contribution < -0.4 is 9.46 Å². The fourth-order valence-electron chi connectivity index (χ4n) is 3.95. The molecule has 0 radical (unpaired) electrons. The minimum Gasteiger partial charge on any atom is -0.495 e. The smallest absolute Gasteiger partial charge is 0.245 e. The Morgan fingerprint density at radius 1 is 0.828 bits per heavy atom. The van der Waals surface area contributed by atoms with Crippen molar-refractivity contribution in [1.82, 2.24) is 4.72 Å². The van der Waals surface area contributed by atoms with Crippen molar-refractivity contribution in [2.75, 3.05) is 7.11 Å². The van der Waals surface area contributed by atoms with Crippen molar-refractivity contribution in [3.63, 3.8) is 0 Å². The van der Waals surface area contributed by atoms with Gasteiger partial charge in [-0.3, -0.25) is 0 Å². The summed E-state index contributed by atoms with van der Waals surface area (Å²) in [6, 6.07) is 22.5. The average Bonchev–Trinajstić information content (AvgIpc) is 2.77. The van der Waals surface area contributed by atoms with Crippen molar-refractivity contribution in [2.45, 2.75) is 36.6 Å². The maximum atomic E-state index is 13.5. The molecule has 1 aliphatic rings. The molecule has 0 spiro atoms. The van der Waals surface area contributed by atoms with Crippen LogP contribution >= 0.6 is 0 Å². The lowest BCUT2D eigenvalue weighted by molar-refractivity contribution is 0.400. The summed E-state index contributed by atoms with van der Waals surface area (Å²) in [5, 5.41) is 0. The molecular formula is C24H25NO3S. The first kappa shape index (κ1) is 19.7. The van der Waals surface area contributed by atoms with Crippen molar-refractivity contribution in [3.05, 3.63) is 95.1 Å². The highest BCUT2D eigenvalue weighted by atomic mass is 32.2. The molecule has 0 unspecified atom stereocenters. The minimum absolute atomic E-state index is 0.206. The Morgan fingerprint density at radius 2 is 1.34 bits per heavy atom. The fourth-order valence-corrected chi connectivity index (χ4v) is 5.36. The topological polar surface area (TPSA) is 55.4 Å². The van der Waals surface area contributed by atoms with Crippen LogP contribution in [-0.2, 0) is 22.9 Å². The Bertz CT molecular complexity index is 1040. The van der Waals surface area contributed by atoms with Crippen LogP contribution in [0.15, 0.2) is 77.7 Å². The Morgan fingerprint density at radius 3 is 1.86 bits per heavy atom. The third-order valence-corrected chi connectivity index (χ3v) is 6.90. The highest BCUT2D eigenvalue weighted by Gasteiger charge is 2.27. The third-order valence-electron chi connectivity index (χ3n) is 5.46. The van der Waals surface area contributed by atoms with Crippen molar-refractivity contribution < 1.29 is 13.2 Å². The number of rotatable bonds is 6. The average molecular weight is 408 g/mol. The van der Waals surface area contributed by atoms with Crippen LogP contribution in [-0.4, -0.2) is 15.5 Å². The highest BCUT2D eigenvalue weighted by molar-refractivity contribution is 7.89. The molecular weight excluding hydrogens is 382 g/mol. The van der Waals surface area contributed by atoms with E-state index in [4.69, 9.17) is 4.74 Å². The number of methoxy groups -OCH3 is 1. The van der Waals surface area contributed by atoms with Crippen molar-refractivity contribution >= 4 is 10.0 Å². The number of sulfonamides is 1. The molecule has 0 saturated carbocycles. The Balaban J connectivity index is 1.76. The van der Waals surface area contributed by atoms with Gasteiger partial charge >= 0.3 is 0 Å². The number of ether oxygens (including phenoxy) is 1. The van der Waals surface area contributed by atoms with E-state index < -0.39 is 16.1 Å². The number of aryl methyl sites for hydroxylation is 2. The lowest BCUT2D eigenvalue weighted by Gasteiger charge is -2.23. The molecule has 1 N–H and O–H groups in total. The minimum atomic E-state index is -3.81. The summed E-state index contributed by atoms with van der Waals surface area (Å²) >= 11 is 0. The fraction of sp³-hybridized carbons (Fsp3) is 0.250. The van der Waals surface area contributed by atoms with Gasteiger partial charge in [-0.15, -0.1) is 0 Å². The van der Waals surface area contributed by atoms with Gasteiger partial charge in [0.05, 0.1) is 13.2 Å². The van der Waals surface area contributed by atoms with Crippen LogP contribution in [0.5, 0.6) is 5.75 Å². The van der Waals surface area contributed by atoms with Crippen molar-refractivity contribution in [1.29, 1.82) is 0 Å². The van der Waals surface area contributed by atoms with Gasteiger partial charge in [-0.05, 0) is 60.1 Å². The SMILES string of the molecule is COc1cc2c(cc1S(=O)(=O)NC(c1ccccc1)c1ccccc1)CCCC2. The highest BCUT2D eigenvalue weighted by Crippen LogP contribution is 2.33. The van der Waals surface area contributed by atoms with Gasteiger partial charge in [0.15, 0.2) is 0 Å². The standard InChI is InChI=1S/C24H25NO3S/c1-28-22-16-20-14-8-9-15-21(20)17-23(22)29(26,27)25-24(18-10-4-2-5-11-18)19-12-6-3-7-13-19/h2-7,10-13,16-17,24-25H,8-9,14-15H2,1H3. The largest absolute Gasteiger partial charge is 0.495 e. The molecule has 0 atom stereocenters. The van der Waals surface area contributed by atoms with Gasteiger partial charge in [0.25, 0.3) is 0 Å². The number of fused-ring (bicyclic) bond motifs is 1. The van der Waals surface area contributed by atoms with Crippen LogP contribution in [0.2, 0.25) is 0 Å². The molecule has 150 valence electrons. The quantitative estimate of drug-likeness (QED) is 0.648. The molecule has 3 aromatic carbocycles. The maximum Gasteiger partial charge on any atom is 0.245 e. The first-order valence-electron chi connectivity index (χ1n) is 9.90. The zero-order valence-electron chi connectivity index (χ0n) is 16.5. The second-order valence-electron chi connectivity index (χ2n) is 7.35. The number of benzene rings is 3. The van der Waals surface area contributed by atoms with E-state index >= 15 is 0 Å². The molecule has 29 heavy (non-hydrogen) atoms. The normalized spacial score (nSPS) is 13.9. The molecule has 4 rings (SSSR count). The predicted molar refractivity (Wildman–Crippen MR) is 115 cm³/mol. The molecule has 3 aromatic rings. The van der Waals surface area contributed by atoms with Crippen LogP contribution in [0.25, 0.3) is 0 Å². The molecule has 4 nitrogen and oxygen atoms in total. The summed E-state index contributed by atoms with van der Waals surface area (Å²) in [5.74, 6) is 0.401. The summed E-state index contributed by atoms with van der Waals surface area (Å²) < 4.78 is 35.3. The maximum absolute atomic E-state index is 13.5. The van der Waals surface area contributed by atoms with E-state index in [9.17, 15) is 8.42 Å². The van der Waals surface area contributed by atoms with E-state index in [-0.39, 0.29) is 4.90 Å². The van der Waals surface area contributed by atoms with Crippen molar-refractivity contribution in [2.24, 2.45) is 0 Å². The number of hydrogen-bond donors (Lipinski definition) is 1. The first-order valence-corrected chi connectivity index (χ1v) is 11.4. The van der Waals surface area contributed by atoms with Gasteiger partial charge in [0.1, 0.15) is 10.6 Å². The Hall–Kier alpha value is -2.63. The summed E-state index contributed by atoms with van der Waals surface area (Å²) in [4.78, 5) is 0.206. The van der Waals surface area contributed by atoms with Crippen LogP contribution in [0.4, 0.5) is 0 Å². The van der Waals surface area contributed by atoms with Crippen LogP contribution in [0.3, 0.4) is 0 Å². The zero-order chi connectivity index (χ0) is 20.3.